The number of ether oxygens (including phenoxy) is 1. The minimum Gasteiger partial charge on any atom is -0.441 e. The van der Waals surface area contributed by atoms with Gasteiger partial charge in [-0.3, -0.25) is 9.59 Å². The lowest BCUT2D eigenvalue weighted by Crippen LogP contribution is -2.31. The first-order chi connectivity index (χ1) is 15.9. The fraction of sp³-hybridized carbons (Fsp3) is 0.192. The summed E-state index contributed by atoms with van der Waals surface area (Å²) < 4.78 is 5.29. The van der Waals surface area contributed by atoms with Crippen LogP contribution in [-0.2, 0) is 4.74 Å². The van der Waals surface area contributed by atoms with Gasteiger partial charge in [0.1, 0.15) is 6.10 Å². The van der Waals surface area contributed by atoms with E-state index in [2.05, 4.69) is 5.32 Å². The van der Waals surface area contributed by atoms with E-state index >= 15 is 0 Å². The Balaban J connectivity index is 1.53. The summed E-state index contributed by atoms with van der Waals surface area (Å²) in [7, 11) is 0. The molecule has 0 fully saturated rings. The van der Waals surface area contributed by atoms with E-state index in [1.165, 1.54) is 0 Å². The Morgan fingerprint density at radius 2 is 1.67 bits per heavy atom. The summed E-state index contributed by atoms with van der Waals surface area (Å²) in [5.74, 6) is -0.368. The van der Waals surface area contributed by atoms with Gasteiger partial charge in [0.15, 0.2) is 0 Å². The Morgan fingerprint density at radius 1 is 0.970 bits per heavy atom. The summed E-state index contributed by atoms with van der Waals surface area (Å²) in [6.07, 6.45) is -0.0928. The van der Waals surface area contributed by atoms with E-state index in [1.807, 2.05) is 49.4 Å². The van der Waals surface area contributed by atoms with Crippen LogP contribution in [0.2, 0.25) is 0 Å². The van der Waals surface area contributed by atoms with Crippen LogP contribution < -0.4 is 16.0 Å². The van der Waals surface area contributed by atoms with Gasteiger partial charge in [-0.2, -0.15) is 0 Å². The van der Waals surface area contributed by atoms with Crippen LogP contribution in [0.3, 0.4) is 0 Å². The van der Waals surface area contributed by atoms with Crippen molar-refractivity contribution in [1.82, 2.24) is 0 Å². The Labute approximate surface area is 192 Å². The molecule has 0 radical (unpaired) electrons. The van der Waals surface area contributed by atoms with Crippen LogP contribution in [0, 0.1) is 6.92 Å². The maximum absolute atomic E-state index is 13.3. The summed E-state index contributed by atoms with van der Waals surface area (Å²) in [5.41, 5.74) is 9.28. The molecule has 3 amide bonds. The molecule has 0 saturated carbocycles. The van der Waals surface area contributed by atoms with E-state index in [-0.39, 0.29) is 11.8 Å². The predicted molar refractivity (Wildman–Crippen MR) is 126 cm³/mol. The van der Waals surface area contributed by atoms with Crippen molar-refractivity contribution in [3.8, 4) is 0 Å². The van der Waals surface area contributed by atoms with Crippen molar-refractivity contribution in [2.45, 2.75) is 25.9 Å². The molecule has 7 heteroatoms. The van der Waals surface area contributed by atoms with E-state index in [4.69, 9.17) is 10.5 Å². The van der Waals surface area contributed by atoms with Crippen molar-refractivity contribution >= 4 is 29.3 Å². The molecule has 1 atom stereocenters. The molecule has 0 saturated heterocycles. The first-order valence-corrected chi connectivity index (χ1v) is 10.8. The van der Waals surface area contributed by atoms with Crippen LogP contribution in [-0.4, -0.2) is 24.5 Å². The number of hydrogen-bond donors (Lipinski definition) is 2. The van der Waals surface area contributed by atoms with Crippen molar-refractivity contribution in [2.75, 3.05) is 16.8 Å². The van der Waals surface area contributed by atoms with E-state index < -0.39 is 12.2 Å². The third-order valence-corrected chi connectivity index (χ3v) is 5.71. The quantitative estimate of drug-likeness (QED) is 0.603. The molecule has 1 heterocycles. The zero-order valence-electron chi connectivity index (χ0n) is 18.3. The van der Waals surface area contributed by atoms with Crippen LogP contribution in [0.4, 0.5) is 16.2 Å². The van der Waals surface area contributed by atoms with Gasteiger partial charge in [0, 0.05) is 28.9 Å². The number of para-hydroxylation sites is 1. The average Bonchev–Trinajstić information content (AvgIpc) is 2.99. The number of benzene rings is 3. The first kappa shape index (κ1) is 22.1. The number of primary amides is 1. The van der Waals surface area contributed by atoms with Crippen LogP contribution in [0.5, 0.6) is 0 Å². The van der Waals surface area contributed by atoms with Crippen LogP contribution in [0.25, 0.3) is 0 Å². The molecule has 3 aromatic carbocycles. The number of aryl methyl sites for hydroxylation is 1. The zero-order chi connectivity index (χ0) is 23.4. The normalized spacial score (nSPS) is 15.2. The third-order valence-electron chi connectivity index (χ3n) is 5.71. The van der Waals surface area contributed by atoms with Gasteiger partial charge in [-0.25, -0.2) is 4.79 Å². The summed E-state index contributed by atoms with van der Waals surface area (Å²) in [6.45, 7) is 2.37. The van der Waals surface area contributed by atoms with Gasteiger partial charge in [-0.1, -0.05) is 36.4 Å². The molecule has 3 aromatic rings. The summed E-state index contributed by atoms with van der Waals surface area (Å²) in [6, 6.07) is 21.6. The maximum atomic E-state index is 13.3. The number of anilines is 2. The molecule has 1 aliphatic heterocycles. The maximum Gasteiger partial charge on any atom is 0.405 e. The van der Waals surface area contributed by atoms with Crippen molar-refractivity contribution in [2.24, 2.45) is 5.73 Å². The molecule has 0 aromatic heterocycles. The number of carbonyl (C=O) groups excluding carboxylic acids is 3. The van der Waals surface area contributed by atoms with Gasteiger partial charge in [0.25, 0.3) is 11.8 Å². The Kier molecular flexibility index (Phi) is 6.40. The molecule has 33 heavy (non-hydrogen) atoms. The third kappa shape index (κ3) is 4.87. The Morgan fingerprint density at radius 3 is 2.39 bits per heavy atom. The van der Waals surface area contributed by atoms with Gasteiger partial charge in [-0.05, 0) is 61.7 Å². The molecule has 168 valence electrons. The number of nitrogens with one attached hydrogen (secondary N) is 1. The lowest BCUT2D eigenvalue weighted by Gasteiger charge is -2.24. The second kappa shape index (κ2) is 9.56. The number of carbonyl (C=O) groups is 3. The van der Waals surface area contributed by atoms with Gasteiger partial charge in [-0.15, -0.1) is 0 Å². The second-order valence-corrected chi connectivity index (χ2v) is 7.93. The second-order valence-electron chi connectivity index (χ2n) is 7.93. The number of fused-ring (bicyclic) bond motifs is 1. The topological polar surface area (TPSA) is 102 Å². The van der Waals surface area contributed by atoms with Crippen LogP contribution in [0.15, 0.2) is 72.8 Å². The van der Waals surface area contributed by atoms with E-state index in [0.717, 1.165) is 11.1 Å². The standard InChI is InChI=1S/C26H25N3O4/c1-17-7-2-3-8-20(17)24(30)28-19-14-12-18(13-15-19)25(31)29-16-6-11-23(33-26(27)32)21-9-4-5-10-22(21)29/h2-5,7-10,12-15,23H,6,11,16H2,1H3,(H2,27,32)(H,28,30). The zero-order valence-corrected chi connectivity index (χ0v) is 18.3. The summed E-state index contributed by atoms with van der Waals surface area (Å²) >= 11 is 0. The fourth-order valence-electron chi connectivity index (χ4n) is 4.07. The smallest absolute Gasteiger partial charge is 0.405 e. The van der Waals surface area contributed by atoms with E-state index in [9.17, 15) is 14.4 Å². The molecule has 7 nitrogen and oxygen atoms in total. The van der Waals surface area contributed by atoms with Gasteiger partial charge < -0.3 is 20.7 Å². The Bertz CT molecular complexity index is 1190. The summed E-state index contributed by atoms with van der Waals surface area (Å²) in [5, 5.41) is 2.87. The predicted octanol–water partition coefficient (Wildman–Crippen LogP) is 4.82. The fourth-order valence-corrected chi connectivity index (χ4v) is 4.07. The molecule has 0 aliphatic carbocycles. The molecule has 1 unspecified atom stereocenters. The Hall–Kier alpha value is -4.13. The molecule has 0 spiro atoms. The molecule has 3 N–H and O–H groups in total. The van der Waals surface area contributed by atoms with Crippen molar-refractivity contribution in [3.63, 3.8) is 0 Å². The van der Waals surface area contributed by atoms with Crippen LogP contribution in [0.1, 0.15) is 50.8 Å². The minimum atomic E-state index is -0.835. The van der Waals surface area contributed by atoms with Crippen molar-refractivity contribution in [1.29, 1.82) is 0 Å². The molecular formula is C26H25N3O4. The monoisotopic (exact) mass is 443 g/mol. The molecule has 1 aliphatic rings. The number of rotatable bonds is 4. The highest BCUT2D eigenvalue weighted by molar-refractivity contribution is 6.08. The van der Waals surface area contributed by atoms with Gasteiger partial charge in [0.2, 0.25) is 0 Å². The molecular weight excluding hydrogens is 418 g/mol. The van der Waals surface area contributed by atoms with E-state index in [1.54, 1.807) is 35.2 Å². The van der Waals surface area contributed by atoms with Crippen LogP contribution >= 0.6 is 0 Å². The highest BCUT2D eigenvalue weighted by Crippen LogP contribution is 2.35. The SMILES string of the molecule is Cc1ccccc1C(=O)Nc1ccc(C(=O)N2CCCC(OC(N)=O)c3ccccc32)cc1. The number of nitrogens with two attached hydrogens (primary N) is 1. The minimum absolute atomic E-state index is 0.168. The molecule has 4 rings (SSSR count). The highest BCUT2D eigenvalue weighted by Gasteiger charge is 2.28. The number of nitrogens with zero attached hydrogens (tertiary/aromatic N) is 1. The van der Waals surface area contributed by atoms with E-state index in [0.29, 0.717) is 41.9 Å². The van der Waals surface area contributed by atoms with Gasteiger partial charge in [0.05, 0.1) is 5.69 Å². The van der Waals surface area contributed by atoms with Crippen molar-refractivity contribution in [3.05, 3.63) is 95.1 Å². The first-order valence-electron chi connectivity index (χ1n) is 10.8. The number of hydrogen-bond acceptors (Lipinski definition) is 4. The number of amides is 3. The molecule has 0 bridgehead atoms. The van der Waals surface area contributed by atoms with Crippen molar-refractivity contribution < 1.29 is 19.1 Å². The average molecular weight is 444 g/mol. The highest BCUT2D eigenvalue weighted by atomic mass is 16.6. The largest absolute Gasteiger partial charge is 0.441 e. The lowest BCUT2D eigenvalue weighted by molar-refractivity contribution is 0.0980. The lowest BCUT2D eigenvalue weighted by atomic mass is 10.0. The summed E-state index contributed by atoms with van der Waals surface area (Å²) in [4.78, 5) is 38.9. The van der Waals surface area contributed by atoms with Gasteiger partial charge >= 0.3 is 6.09 Å².